The van der Waals surface area contributed by atoms with E-state index in [1.807, 2.05) is 18.2 Å². The van der Waals surface area contributed by atoms with Gasteiger partial charge in [0.25, 0.3) is 0 Å². The van der Waals surface area contributed by atoms with E-state index in [-0.39, 0.29) is 0 Å². The molecule has 1 heterocycles. The molecule has 78 valence electrons. The quantitative estimate of drug-likeness (QED) is 0.628. The van der Waals surface area contributed by atoms with E-state index in [0.717, 1.165) is 14.4 Å². The van der Waals surface area contributed by atoms with Crippen molar-refractivity contribution in [3.05, 3.63) is 45.5 Å². The minimum absolute atomic E-state index is 0.825. The summed E-state index contributed by atoms with van der Waals surface area (Å²) in [6, 6.07) is 14.5. The average molecular weight is 338 g/mol. The summed E-state index contributed by atoms with van der Waals surface area (Å²) in [5.74, 6) is 0.825. The van der Waals surface area contributed by atoms with E-state index in [9.17, 15) is 0 Å². The lowest BCUT2D eigenvalue weighted by Gasteiger charge is -2.01. The second-order valence-corrected chi connectivity index (χ2v) is 5.90. The van der Waals surface area contributed by atoms with Gasteiger partial charge in [-0.05, 0) is 44.9 Å². The minimum Gasteiger partial charge on any atom is -0.209 e. The lowest BCUT2D eigenvalue weighted by atomic mass is 10.0. The fourth-order valence-corrected chi connectivity index (χ4v) is 2.69. The molecule has 0 atom stereocenters. The van der Waals surface area contributed by atoms with Crippen LogP contribution in [0.25, 0.3) is 22.2 Å². The van der Waals surface area contributed by atoms with E-state index in [4.69, 9.17) is 0 Å². The van der Waals surface area contributed by atoms with Crippen LogP contribution in [-0.4, -0.2) is 9.36 Å². The Balaban J connectivity index is 2.31. The van der Waals surface area contributed by atoms with Gasteiger partial charge in [-0.15, -0.1) is 0 Å². The normalized spacial score (nSPS) is 10.8. The number of hydrogen-bond acceptors (Lipinski definition) is 3. The third kappa shape index (κ3) is 1.72. The minimum atomic E-state index is 0.825. The first-order valence-electron chi connectivity index (χ1n) is 4.82. The van der Waals surface area contributed by atoms with Gasteiger partial charge in [0.05, 0.1) is 0 Å². The van der Waals surface area contributed by atoms with Crippen molar-refractivity contribution in [3.8, 4) is 11.4 Å². The molecule has 0 unspecified atom stereocenters. The van der Waals surface area contributed by atoms with Gasteiger partial charge in [0.15, 0.2) is 8.84 Å². The first-order valence-corrected chi connectivity index (χ1v) is 6.67. The third-order valence-electron chi connectivity index (χ3n) is 2.43. The van der Waals surface area contributed by atoms with Crippen LogP contribution < -0.4 is 0 Å². The van der Waals surface area contributed by atoms with Gasteiger partial charge in [-0.1, -0.05) is 42.5 Å². The predicted octanol–water partition coefficient (Wildman–Crippen LogP) is 3.96. The number of benzene rings is 2. The first-order chi connectivity index (χ1) is 7.84. The van der Waals surface area contributed by atoms with Crippen molar-refractivity contribution in [2.75, 3.05) is 0 Å². The lowest BCUT2D eigenvalue weighted by Crippen LogP contribution is -1.83. The molecule has 0 saturated carbocycles. The molecule has 2 nitrogen and oxygen atoms in total. The van der Waals surface area contributed by atoms with Crippen LogP contribution in [0.15, 0.2) is 42.5 Å². The number of halogens is 1. The number of fused-ring (bicyclic) bond motifs is 1. The van der Waals surface area contributed by atoms with E-state index in [1.165, 1.54) is 22.3 Å². The van der Waals surface area contributed by atoms with Crippen LogP contribution in [0.5, 0.6) is 0 Å². The standard InChI is InChI=1S/C12H7IN2S/c13-12-14-11(15-16-12)10-7-3-5-8-4-1-2-6-9(8)10/h1-7H. The van der Waals surface area contributed by atoms with Gasteiger partial charge in [0.2, 0.25) is 0 Å². The molecule has 3 rings (SSSR count). The molecule has 0 aliphatic rings. The summed E-state index contributed by atoms with van der Waals surface area (Å²) in [4.78, 5) is 4.43. The monoisotopic (exact) mass is 338 g/mol. The van der Waals surface area contributed by atoms with Crippen LogP contribution in [0.4, 0.5) is 0 Å². The van der Waals surface area contributed by atoms with Crippen molar-refractivity contribution in [2.24, 2.45) is 0 Å². The summed E-state index contributed by atoms with van der Waals surface area (Å²) < 4.78 is 5.33. The van der Waals surface area contributed by atoms with E-state index in [1.54, 1.807) is 0 Å². The molecule has 0 aliphatic heterocycles. The summed E-state index contributed by atoms with van der Waals surface area (Å²) in [6.45, 7) is 0. The Labute approximate surface area is 111 Å². The van der Waals surface area contributed by atoms with Gasteiger partial charge >= 0.3 is 0 Å². The van der Waals surface area contributed by atoms with E-state index < -0.39 is 0 Å². The number of nitrogens with zero attached hydrogens (tertiary/aromatic N) is 2. The van der Waals surface area contributed by atoms with Gasteiger partial charge in [-0.2, -0.15) is 4.37 Å². The Morgan fingerprint density at radius 2 is 1.81 bits per heavy atom. The van der Waals surface area contributed by atoms with Crippen molar-refractivity contribution in [2.45, 2.75) is 0 Å². The average Bonchev–Trinajstić information content (AvgIpc) is 2.75. The second-order valence-electron chi connectivity index (χ2n) is 3.40. The van der Waals surface area contributed by atoms with Crippen LogP contribution >= 0.6 is 34.1 Å². The van der Waals surface area contributed by atoms with Gasteiger partial charge in [0, 0.05) is 5.56 Å². The zero-order valence-electron chi connectivity index (χ0n) is 8.22. The number of aromatic nitrogens is 2. The molecular weight excluding hydrogens is 331 g/mol. The van der Waals surface area contributed by atoms with Gasteiger partial charge in [0.1, 0.15) is 0 Å². The molecule has 3 aromatic rings. The molecule has 0 saturated heterocycles. The summed E-state index contributed by atoms with van der Waals surface area (Å²) in [7, 11) is 0. The van der Waals surface area contributed by atoms with Crippen molar-refractivity contribution >= 4 is 44.9 Å². The maximum absolute atomic E-state index is 4.43. The Kier molecular flexibility index (Phi) is 2.61. The highest BCUT2D eigenvalue weighted by atomic mass is 127. The molecule has 2 aromatic carbocycles. The summed E-state index contributed by atoms with van der Waals surface area (Å²) in [5.41, 5.74) is 1.11. The molecule has 0 N–H and O–H groups in total. The first kappa shape index (κ1) is 10.2. The smallest absolute Gasteiger partial charge is 0.174 e. The molecule has 1 aromatic heterocycles. The van der Waals surface area contributed by atoms with Crippen molar-refractivity contribution in [1.29, 1.82) is 0 Å². The number of hydrogen-bond donors (Lipinski definition) is 0. The molecule has 0 aliphatic carbocycles. The number of rotatable bonds is 1. The largest absolute Gasteiger partial charge is 0.209 e. The van der Waals surface area contributed by atoms with Crippen molar-refractivity contribution < 1.29 is 0 Å². The Hall–Kier alpha value is -1.01. The molecule has 0 radical (unpaired) electrons. The molecule has 4 heteroatoms. The van der Waals surface area contributed by atoms with Crippen LogP contribution in [0.2, 0.25) is 0 Å². The molecule has 0 spiro atoms. The lowest BCUT2D eigenvalue weighted by molar-refractivity contribution is 1.31. The maximum atomic E-state index is 4.43. The van der Waals surface area contributed by atoms with E-state index in [0.29, 0.717) is 0 Å². The van der Waals surface area contributed by atoms with E-state index in [2.05, 4.69) is 56.2 Å². The van der Waals surface area contributed by atoms with Crippen LogP contribution in [0.3, 0.4) is 0 Å². The van der Waals surface area contributed by atoms with Gasteiger partial charge < -0.3 is 0 Å². The SMILES string of the molecule is Ic1nc(-c2cccc3ccccc23)ns1. The zero-order chi connectivity index (χ0) is 11.0. The Morgan fingerprint density at radius 3 is 2.62 bits per heavy atom. The Bertz CT molecular complexity index is 643. The second kappa shape index (κ2) is 4.10. The highest BCUT2D eigenvalue weighted by Gasteiger charge is 2.07. The molecule has 0 amide bonds. The molecule has 0 fully saturated rings. The molecule has 16 heavy (non-hydrogen) atoms. The highest BCUT2D eigenvalue weighted by Crippen LogP contribution is 2.27. The van der Waals surface area contributed by atoms with Gasteiger partial charge in [-0.25, -0.2) is 4.98 Å². The summed E-state index contributed by atoms with van der Waals surface area (Å²) >= 11 is 3.63. The summed E-state index contributed by atoms with van der Waals surface area (Å²) in [6.07, 6.45) is 0. The topological polar surface area (TPSA) is 25.8 Å². The fraction of sp³-hybridized carbons (Fsp3) is 0. The Morgan fingerprint density at radius 1 is 1.00 bits per heavy atom. The summed E-state index contributed by atoms with van der Waals surface area (Å²) in [5, 5.41) is 2.43. The fourth-order valence-electron chi connectivity index (χ4n) is 1.73. The third-order valence-corrected chi connectivity index (χ3v) is 3.77. The van der Waals surface area contributed by atoms with Gasteiger partial charge in [-0.3, -0.25) is 0 Å². The zero-order valence-corrected chi connectivity index (χ0v) is 11.2. The van der Waals surface area contributed by atoms with Crippen LogP contribution in [0, 0.1) is 3.01 Å². The van der Waals surface area contributed by atoms with E-state index >= 15 is 0 Å². The van der Waals surface area contributed by atoms with Crippen molar-refractivity contribution in [1.82, 2.24) is 9.36 Å². The molecular formula is C12H7IN2S. The van der Waals surface area contributed by atoms with Crippen LogP contribution in [-0.2, 0) is 0 Å². The molecule has 0 bridgehead atoms. The van der Waals surface area contributed by atoms with Crippen LogP contribution in [0.1, 0.15) is 0 Å². The van der Waals surface area contributed by atoms with Crippen molar-refractivity contribution in [3.63, 3.8) is 0 Å². The highest BCUT2D eigenvalue weighted by molar-refractivity contribution is 14.1. The maximum Gasteiger partial charge on any atom is 0.174 e. The predicted molar refractivity (Wildman–Crippen MR) is 75.6 cm³/mol.